The number of hydrogen-bond acceptors (Lipinski definition) is 1. The molecule has 3 aliphatic rings. The van der Waals surface area contributed by atoms with E-state index in [1.807, 2.05) is 0 Å². The largest absolute Gasteiger partial charge is 0.493 e. The van der Waals surface area contributed by atoms with Gasteiger partial charge in [0.15, 0.2) is 0 Å². The number of hydrogen-bond donors (Lipinski definition) is 0. The summed E-state index contributed by atoms with van der Waals surface area (Å²) in [5.41, 5.74) is 5.52. The molecular formula is C20H28O. The first-order valence-corrected chi connectivity index (χ1v) is 8.72. The van der Waals surface area contributed by atoms with Crippen molar-refractivity contribution in [3.63, 3.8) is 0 Å². The molecule has 1 saturated carbocycles. The number of rotatable bonds is 0. The zero-order chi connectivity index (χ0) is 14.8. The van der Waals surface area contributed by atoms with Gasteiger partial charge in [0.05, 0.1) is 6.61 Å². The molecule has 0 amide bonds. The Balaban J connectivity index is 1.85. The van der Waals surface area contributed by atoms with Crippen molar-refractivity contribution in [1.29, 1.82) is 0 Å². The smallest absolute Gasteiger partial charge is 0.123 e. The van der Waals surface area contributed by atoms with E-state index in [1.165, 1.54) is 43.4 Å². The zero-order valence-electron chi connectivity index (χ0n) is 14.0. The summed E-state index contributed by atoms with van der Waals surface area (Å²) < 4.78 is 5.95. The Morgan fingerprint density at radius 2 is 1.95 bits per heavy atom. The van der Waals surface area contributed by atoms with E-state index in [-0.39, 0.29) is 0 Å². The van der Waals surface area contributed by atoms with Crippen molar-refractivity contribution in [1.82, 2.24) is 0 Å². The Labute approximate surface area is 129 Å². The number of fused-ring (bicyclic) bond motifs is 4. The van der Waals surface area contributed by atoms with Crippen LogP contribution in [0.2, 0.25) is 0 Å². The molecule has 0 N–H and O–H groups in total. The highest BCUT2D eigenvalue weighted by Crippen LogP contribution is 2.58. The monoisotopic (exact) mass is 284 g/mol. The molecule has 0 bridgehead atoms. The Morgan fingerprint density at radius 1 is 1.14 bits per heavy atom. The average Bonchev–Trinajstić information content (AvgIpc) is 2.77. The summed E-state index contributed by atoms with van der Waals surface area (Å²) in [6, 6.07) is 4.90. The van der Waals surface area contributed by atoms with Crippen LogP contribution < -0.4 is 4.74 Å². The molecule has 0 radical (unpaired) electrons. The van der Waals surface area contributed by atoms with E-state index in [0.717, 1.165) is 12.5 Å². The predicted molar refractivity (Wildman–Crippen MR) is 87.1 cm³/mol. The van der Waals surface area contributed by atoms with Crippen molar-refractivity contribution in [2.75, 3.05) is 6.61 Å². The van der Waals surface area contributed by atoms with Gasteiger partial charge in [-0.05, 0) is 59.6 Å². The molecule has 3 atom stereocenters. The Morgan fingerprint density at radius 3 is 2.76 bits per heavy atom. The average molecular weight is 284 g/mol. The first-order chi connectivity index (χ1) is 9.92. The summed E-state index contributed by atoms with van der Waals surface area (Å²) in [6.45, 7) is 10.7. The minimum atomic E-state index is 0.361. The van der Waals surface area contributed by atoms with Gasteiger partial charge in [-0.2, -0.15) is 0 Å². The van der Waals surface area contributed by atoms with Crippen molar-refractivity contribution in [3.8, 4) is 5.75 Å². The molecule has 4 rings (SSSR count). The van der Waals surface area contributed by atoms with Crippen molar-refractivity contribution in [2.45, 2.75) is 71.1 Å². The second kappa shape index (κ2) is 4.27. The fraction of sp³-hybridized carbons (Fsp3) is 0.700. The van der Waals surface area contributed by atoms with E-state index in [9.17, 15) is 0 Å². The predicted octanol–water partition coefficient (Wildman–Crippen LogP) is 5.21. The fourth-order valence-electron chi connectivity index (χ4n) is 5.65. The molecule has 2 aliphatic carbocycles. The van der Waals surface area contributed by atoms with Gasteiger partial charge in [0.1, 0.15) is 5.75 Å². The third-order valence-electron chi connectivity index (χ3n) is 6.80. The number of benzene rings is 1. The summed E-state index contributed by atoms with van der Waals surface area (Å²) in [5, 5.41) is 0. The summed E-state index contributed by atoms with van der Waals surface area (Å²) >= 11 is 0. The van der Waals surface area contributed by atoms with Crippen LogP contribution in [0.5, 0.6) is 5.75 Å². The van der Waals surface area contributed by atoms with Crippen molar-refractivity contribution < 1.29 is 4.74 Å². The minimum Gasteiger partial charge on any atom is -0.493 e. The van der Waals surface area contributed by atoms with Crippen LogP contribution >= 0.6 is 0 Å². The topological polar surface area (TPSA) is 9.23 Å². The molecule has 21 heavy (non-hydrogen) atoms. The van der Waals surface area contributed by atoms with Crippen LogP contribution in [0.3, 0.4) is 0 Å². The lowest BCUT2D eigenvalue weighted by Crippen LogP contribution is -2.47. The molecular weight excluding hydrogens is 256 g/mol. The Hall–Kier alpha value is -0.980. The zero-order valence-corrected chi connectivity index (χ0v) is 14.0. The standard InChI is InChI=1S/C20H28O/c1-13-12-21-17-11-16-14(10-15(13)17)6-7-18-19(2,3)8-5-9-20(16,18)4/h10-11,13,18H,5-9,12H2,1-4H3/t13?,18-,20+/m0/s1. The van der Waals surface area contributed by atoms with Crippen molar-refractivity contribution in [2.24, 2.45) is 11.3 Å². The van der Waals surface area contributed by atoms with E-state index in [1.54, 1.807) is 11.1 Å². The third-order valence-corrected chi connectivity index (χ3v) is 6.80. The van der Waals surface area contributed by atoms with Crippen LogP contribution in [0.15, 0.2) is 12.1 Å². The lowest BCUT2D eigenvalue weighted by Gasteiger charge is -2.54. The maximum Gasteiger partial charge on any atom is 0.123 e. The second-order valence-electron chi connectivity index (χ2n) is 8.61. The van der Waals surface area contributed by atoms with Gasteiger partial charge in [0, 0.05) is 11.5 Å². The second-order valence-corrected chi connectivity index (χ2v) is 8.61. The lowest BCUT2D eigenvalue weighted by atomic mass is 9.50. The highest BCUT2D eigenvalue weighted by atomic mass is 16.5. The molecule has 1 heterocycles. The Bertz CT molecular complexity index is 586. The van der Waals surface area contributed by atoms with Gasteiger partial charge in [-0.15, -0.1) is 0 Å². The van der Waals surface area contributed by atoms with Crippen LogP contribution in [0.1, 0.15) is 76.0 Å². The van der Waals surface area contributed by atoms with E-state index in [0.29, 0.717) is 16.7 Å². The fourth-order valence-corrected chi connectivity index (χ4v) is 5.65. The van der Waals surface area contributed by atoms with Crippen LogP contribution in [0.25, 0.3) is 0 Å². The molecule has 1 heteroatoms. The van der Waals surface area contributed by atoms with Crippen LogP contribution in [0.4, 0.5) is 0 Å². The first-order valence-electron chi connectivity index (χ1n) is 8.72. The molecule has 1 aliphatic heterocycles. The van der Waals surface area contributed by atoms with Gasteiger partial charge in [-0.25, -0.2) is 0 Å². The molecule has 0 spiro atoms. The molecule has 1 unspecified atom stereocenters. The van der Waals surface area contributed by atoms with E-state index in [4.69, 9.17) is 4.74 Å². The van der Waals surface area contributed by atoms with Gasteiger partial charge < -0.3 is 4.74 Å². The first kappa shape index (κ1) is 13.7. The molecule has 1 fully saturated rings. The third kappa shape index (κ3) is 1.82. The molecule has 0 saturated heterocycles. The van der Waals surface area contributed by atoms with Gasteiger partial charge >= 0.3 is 0 Å². The van der Waals surface area contributed by atoms with Crippen LogP contribution in [-0.4, -0.2) is 6.61 Å². The van der Waals surface area contributed by atoms with E-state index < -0.39 is 0 Å². The highest BCUT2D eigenvalue weighted by molar-refractivity contribution is 5.51. The van der Waals surface area contributed by atoms with Crippen molar-refractivity contribution >= 4 is 0 Å². The maximum absolute atomic E-state index is 5.95. The minimum absolute atomic E-state index is 0.361. The summed E-state index contributed by atoms with van der Waals surface area (Å²) in [6.07, 6.45) is 6.74. The lowest BCUT2D eigenvalue weighted by molar-refractivity contribution is 0.0406. The SMILES string of the molecule is CC1COc2cc3c(cc21)CC[C@H]1C(C)(C)CCC[C@]31C. The van der Waals surface area contributed by atoms with E-state index >= 15 is 0 Å². The number of aryl methyl sites for hydroxylation is 1. The van der Waals surface area contributed by atoms with Gasteiger partial charge in [0.25, 0.3) is 0 Å². The summed E-state index contributed by atoms with van der Waals surface area (Å²) in [4.78, 5) is 0. The highest BCUT2D eigenvalue weighted by Gasteiger charge is 2.50. The van der Waals surface area contributed by atoms with Gasteiger partial charge in [-0.3, -0.25) is 0 Å². The van der Waals surface area contributed by atoms with Crippen LogP contribution in [-0.2, 0) is 11.8 Å². The molecule has 1 nitrogen and oxygen atoms in total. The molecule has 114 valence electrons. The molecule has 1 aromatic rings. The molecule has 1 aromatic carbocycles. The van der Waals surface area contributed by atoms with Crippen molar-refractivity contribution in [3.05, 3.63) is 28.8 Å². The van der Waals surface area contributed by atoms with Gasteiger partial charge in [-0.1, -0.05) is 40.2 Å². The quantitative estimate of drug-likeness (QED) is 0.635. The van der Waals surface area contributed by atoms with E-state index in [2.05, 4.69) is 39.8 Å². The summed E-state index contributed by atoms with van der Waals surface area (Å²) in [5.74, 6) is 2.56. The normalized spacial score (nSPS) is 36.4. The van der Waals surface area contributed by atoms with Gasteiger partial charge in [0.2, 0.25) is 0 Å². The molecule has 0 aromatic heterocycles. The Kier molecular flexibility index (Phi) is 2.78. The maximum atomic E-state index is 5.95. The summed E-state index contributed by atoms with van der Waals surface area (Å²) in [7, 11) is 0. The number of ether oxygens (including phenoxy) is 1. The van der Waals surface area contributed by atoms with Crippen LogP contribution in [0, 0.1) is 11.3 Å².